The molecule has 5 rings (SSSR count). The Morgan fingerprint density at radius 3 is 1.68 bits per heavy atom. The van der Waals surface area contributed by atoms with E-state index in [1.807, 2.05) is 0 Å². The molecule has 2 nitrogen and oxygen atoms in total. The van der Waals surface area contributed by atoms with Crippen molar-refractivity contribution in [2.75, 3.05) is 6.61 Å². The number of alkyl halides is 9. The summed E-state index contributed by atoms with van der Waals surface area (Å²) in [7, 11) is 0. The van der Waals surface area contributed by atoms with E-state index >= 15 is 26.3 Å². The second-order valence-corrected chi connectivity index (χ2v) is 14.7. The SMILES string of the molecule is CCCC1CCC(C2CC(F)C(C3CC(F)C(C(F)(F)OC4CCC(C5CC(F)C(F)C(F)C5)CC4)C(F)C3)C(F)C2)OC1. The van der Waals surface area contributed by atoms with Gasteiger partial charge in [-0.2, -0.15) is 8.78 Å². The number of hydrogen-bond acceptors (Lipinski definition) is 2. The van der Waals surface area contributed by atoms with Crippen molar-refractivity contribution in [3.05, 3.63) is 0 Å². The Morgan fingerprint density at radius 1 is 0.614 bits per heavy atom. The molecule has 0 spiro atoms. The van der Waals surface area contributed by atoms with Gasteiger partial charge >= 0.3 is 6.11 Å². The third-order valence-electron chi connectivity index (χ3n) is 11.7. The minimum absolute atomic E-state index is 0.0389. The maximum Gasteiger partial charge on any atom is 0.364 e. The van der Waals surface area contributed by atoms with Crippen LogP contribution in [0.3, 0.4) is 0 Å². The number of rotatable bonds is 8. The molecule has 0 radical (unpaired) electrons. The first-order valence-corrected chi connectivity index (χ1v) is 17.0. The van der Waals surface area contributed by atoms with Crippen LogP contribution in [0.5, 0.6) is 0 Å². The smallest absolute Gasteiger partial charge is 0.364 e. The highest BCUT2D eigenvalue weighted by Gasteiger charge is 2.58. The summed E-state index contributed by atoms with van der Waals surface area (Å²) >= 11 is 0. The normalized spacial score (nSPS) is 49.5. The fourth-order valence-electron chi connectivity index (χ4n) is 9.40. The first-order chi connectivity index (χ1) is 20.9. The zero-order valence-electron chi connectivity index (χ0n) is 25.6. The lowest BCUT2D eigenvalue weighted by molar-refractivity contribution is -0.320. The van der Waals surface area contributed by atoms with Gasteiger partial charge in [0.25, 0.3) is 0 Å². The summed E-state index contributed by atoms with van der Waals surface area (Å²) in [6, 6.07) is 0. The van der Waals surface area contributed by atoms with Crippen LogP contribution in [0.4, 0.5) is 39.5 Å². The largest absolute Gasteiger partial charge is 0.378 e. The predicted octanol–water partition coefficient (Wildman–Crippen LogP) is 9.58. The molecule has 8 atom stereocenters. The van der Waals surface area contributed by atoms with Gasteiger partial charge in [-0.05, 0) is 113 Å². The van der Waals surface area contributed by atoms with Crippen LogP contribution in [0, 0.1) is 41.4 Å². The monoisotopic (exact) mass is 648 g/mol. The third kappa shape index (κ3) is 7.70. The van der Waals surface area contributed by atoms with Crippen molar-refractivity contribution in [3.63, 3.8) is 0 Å². The molecule has 1 aliphatic heterocycles. The molecule has 4 aliphatic carbocycles. The summed E-state index contributed by atoms with van der Waals surface area (Å²) in [5.74, 6) is -5.08. The summed E-state index contributed by atoms with van der Waals surface area (Å²) in [4.78, 5) is 0. The van der Waals surface area contributed by atoms with Crippen molar-refractivity contribution >= 4 is 0 Å². The van der Waals surface area contributed by atoms with E-state index in [9.17, 15) is 13.2 Å². The maximum atomic E-state index is 15.4. The van der Waals surface area contributed by atoms with E-state index in [0.717, 1.165) is 25.7 Å². The summed E-state index contributed by atoms with van der Waals surface area (Å²) in [5.41, 5.74) is 0. The molecule has 11 heteroatoms. The molecule has 256 valence electrons. The number of ether oxygens (including phenoxy) is 2. The molecule has 0 amide bonds. The summed E-state index contributed by atoms with van der Waals surface area (Å²) < 4.78 is 144. The lowest BCUT2D eigenvalue weighted by atomic mass is 9.65. The molecule has 44 heavy (non-hydrogen) atoms. The molecule has 8 unspecified atom stereocenters. The Hall–Kier alpha value is -0.710. The third-order valence-corrected chi connectivity index (χ3v) is 11.7. The van der Waals surface area contributed by atoms with E-state index in [2.05, 4.69) is 6.92 Å². The van der Waals surface area contributed by atoms with E-state index in [4.69, 9.17) is 9.47 Å². The van der Waals surface area contributed by atoms with Crippen LogP contribution < -0.4 is 0 Å². The second-order valence-electron chi connectivity index (χ2n) is 14.7. The van der Waals surface area contributed by atoms with Gasteiger partial charge in [0.05, 0.1) is 12.2 Å². The first-order valence-electron chi connectivity index (χ1n) is 17.0. The maximum absolute atomic E-state index is 15.4. The lowest BCUT2D eigenvalue weighted by Gasteiger charge is -2.46. The van der Waals surface area contributed by atoms with Gasteiger partial charge in [0.1, 0.15) is 42.9 Å². The molecule has 5 fully saturated rings. The predicted molar refractivity (Wildman–Crippen MR) is 149 cm³/mol. The lowest BCUT2D eigenvalue weighted by Crippen LogP contribution is -2.53. The van der Waals surface area contributed by atoms with Gasteiger partial charge in [0.15, 0.2) is 6.17 Å². The topological polar surface area (TPSA) is 18.5 Å². The molecule has 0 N–H and O–H groups in total. The molecular weight excluding hydrogens is 599 g/mol. The molecule has 0 aromatic rings. The van der Waals surface area contributed by atoms with Crippen molar-refractivity contribution in [1.82, 2.24) is 0 Å². The number of halogens is 9. The van der Waals surface area contributed by atoms with E-state index in [-0.39, 0.29) is 56.5 Å². The van der Waals surface area contributed by atoms with Crippen molar-refractivity contribution in [2.24, 2.45) is 41.4 Å². The van der Waals surface area contributed by atoms with E-state index in [0.29, 0.717) is 25.4 Å². The van der Waals surface area contributed by atoms with Crippen LogP contribution in [-0.4, -0.2) is 68.1 Å². The van der Waals surface area contributed by atoms with Gasteiger partial charge in [0, 0.05) is 12.5 Å². The van der Waals surface area contributed by atoms with Gasteiger partial charge in [-0.25, -0.2) is 30.7 Å². The highest BCUT2D eigenvalue weighted by molar-refractivity contribution is 5.00. The Kier molecular flexibility index (Phi) is 11.5. The highest BCUT2D eigenvalue weighted by atomic mass is 19.3. The van der Waals surface area contributed by atoms with Crippen molar-refractivity contribution in [3.8, 4) is 0 Å². The fourth-order valence-corrected chi connectivity index (χ4v) is 9.40. The minimum atomic E-state index is -4.13. The Labute approximate surface area is 255 Å². The van der Waals surface area contributed by atoms with Crippen LogP contribution in [0.2, 0.25) is 0 Å². The van der Waals surface area contributed by atoms with Crippen molar-refractivity contribution in [1.29, 1.82) is 0 Å². The molecule has 0 bridgehead atoms. The average molecular weight is 649 g/mol. The molecule has 1 heterocycles. The molecular formula is C33H49F9O2. The summed E-state index contributed by atoms with van der Waals surface area (Å²) in [5, 5.41) is 0. The van der Waals surface area contributed by atoms with Gasteiger partial charge in [-0.15, -0.1) is 0 Å². The Morgan fingerprint density at radius 2 is 1.16 bits per heavy atom. The molecule has 4 saturated carbocycles. The zero-order valence-corrected chi connectivity index (χ0v) is 25.6. The molecule has 0 aromatic heterocycles. The Bertz CT molecular complexity index is 860. The van der Waals surface area contributed by atoms with E-state index in [1.165, 1.54) is 0 Å². The van der Waals surface area contributed by atoms with Crippen LogP contribution in [0.1, 0.15) is 96.8 Å². The summed E-state index contributed by atoms with van der Waals surface area (Å²) in [6.45, 7) is 2.67. The quantitative estimate of drug-likeness (QED) is 0.244. The van der Waals surface area contributed by atoms with E-state index in [1.54, 1.807) is 0 Å². The molecule has 0 aromatic carbocycles. The first kappa shape index (κ1) is 34.6. The average Bonchev–Trinajstić information content (AvgIpc) is 2.95. The van der Waals surface area contributed by atoms with E-state index < -0.39 is 91.9 Å². The van der Waals surface area contributed by atoms with Crippen LogP contribution in [0.15, 0.2) is 0 Å². The summed E-state index contributed by atoms with van der Waals surface area (Å²) in [6.07, 6.45) is -15.7. The molecule has 1 saturated heterocycles. The van der Waals surface area contributed by atoms with Gasteiger partial charge in [0.2, 0.25) is 0 Å². The minimum Gasteiger partial charge on any atom is -0.378 e. The van der Waals surface area contributed by atoms with Gasteiger partial charge in [-0.1, -0.05) is 13.3 Å². The van der Waals surface area contributed by atoms with Gasteiger partial charge < -0.3 is 9.47 Å². The van der Waals surface area contributed by atoms with Crippen LogP contribution in [0.25, 0.3) is 0 Å². The standard InChI is InChI=1S/C33H49F9O2/c1-2-3-17-4-9-29(43-16-17)20-12-23(34)30(24(35)13-20)21-14-25(36)31(26(37)15-21)33(41,42)44-22-7-5-18(6-8-22)19-10-27(38)32(40)28(39)11-19/h17-32H,2-16H2,1H3. The fraction of sp³-hybridized carbons (Fsp3) is 1.00. The zero-order chi connectivity index (χ0) is 31.8. The van der Waals surface area contributed by atoms with Crippen LogP contribution >= 0.6 is 0 Å². The Balaban J connectivity index is 1.11. The van der Waals surface area contributed by atoms with Crippen molar-refractivity contribution in [2.45, 2.75) is 158 Å². The van der Waals surface area contributed by atoms with Crippen molar-refractivity contribution < 1.29 is 49.0 Å². The highest BCUT2D eigenvalue weighted by Crippen LogP contribution is 2.51. The van der Waals surface area contributed by atoms with Crippen LogP contribution in [-0.2, 0) is 9.47 Å². The molecule has 5 aliphatic rings. The number of hydrogen-bond donors (Lipinski definition) is 0. The second kappa shape index (κ2) is 14.6. The van der Waals surface area contributed by atoms with Gasteiger partial charge in [-0.3, -0.25) is 0 Å².